The molecule has 1 aliphatic rings. The molecular formula is C24H16Cl2N2O3S. The van der Waals surface area contributed by atoms with Crippen LogP contribution in [0.3, 0.4) is 0 Å². The van der Waals surface area contributed by atoms with Crippen LogP contribution in [0.2, 0.25) is 10.0 Å². The zero-order valence-electron chi connectivity index (χ0n) is 16.8. The van der Waals surface area contributed by atoms with Crippen LogP contribution in [0, 0.1) is 0 Å². The summed E-state index contributed by atoms with van der Waals surface area (Å²) in [7, 11) is 0. The summed E-state index contributed by atoms with van der Waals surface area (Å²) in [5.74, 6) is 1.48. The first kappa shape index (κ1) is 20.8. The lowest BCUT2D eigenvalue weighted by molar-refractivity contribution is -0.135. The third kappa shape index (κ3) is 3.93. The van der Waals surface area contributed by atoms with E-state index >= 15 is 0 Å². The molecule has 1 unspecified atom stereocenters. The molecule has 1 amide bonds. The molecule has 0 bridgehead atoms. The van der Waals surface area contributed by atoms with Gasteiger partial charge >= 0.3 is 0 Å². The van der Waals surface area contributed by atoms with Gasteiger partial charge in [-0.25, -0.2) is 0 Å². The number of hydrazone groups is 1. The quantitative estimate of drug-likeness (QED) is 0.308. The van der Waals surface area contributed by atoms with Crippen molar-refractivity contribution < 1.29 is 14.3 Å². The number of thiophene rings is 1. The van der Waals surface area contributed by atoms with E-state index < -0.39 is 6.23 Å². The first-order chi connectivity index (χ1) is 15.5. The van der Waals surface area contributed by atoms with E-state index in [4.69, 9.17) is 32.7 Å². The van der Waals surface area contributed by atoms with Crippen molar-refractivity contribution >= 4 is 56.4 Å². The lowest BCUT2D eigenvalue weighted by Gasteiger charge is -2.19. The molecule has 5 nitrogen and oxygen atoms in total. The fourth-order valence-corrected chi connectivity index (χ4v) is 4.91. The Morgan fingerprint density at radius 2 is 1.78 bits per heavy atom. The average molecular weight is 483 g/mol. The van der Waals surface area contributed by atoms with Gasteiger partial charge < -0.3 is 9.47 Å². The molecule has 0 saturated heterocycles. The van der Waals surface area contributed by atoms with Crippen LogP contribution in [0.5, 0.6) is 11.5 Å². The highest BCUT2D eigenvalue weighted by Crippen LogP contribution is 2.41. The molecule has 32 heavy (non-hydrogen) atoms. The minimum Gasteiger partial charge on any atom is -0.457 e. The van der Waals surface area contributed by atoms with Crippen LogP contribution < -0.4 is 4.74 Å². The first-order valence-electron chi connectivity index (χ1n) is 9.75. The number of hydrogen-bond acceptors (Lipinski definition) is 5. The largest absolute Gasteiger partial charge is 0.457 e. The van der Waals surface area contributed by atoms with Crippen LogP contribution in [0.4, 0.5) is 0 Å². The molecule has 3 aromatic carbocycles. The average Bonchev–Trinajstić information content (AvgIpc) is 3.37. The van der Waals surface area contributed by atoms with Gasteiger partial charge in [-0.2, -0.15) is 5.01 Å². The lowest BCUT2D eigenvalue weighted by Crippen LogP contribution is -2.25. The van der Waals surface area contributed by atoms with Crippen LogP contribution in [-0.4, -0.2) is 16.8 Å². The van der Waals surface area contributed by atoms with E-state index in [9.17, 15) is 4.79 Å². The number of nitrogens with zero attached hydrogens (tertiary/aromatic N) is 2. The van der Waals surface area contributed by atoms with Crippen LogP contribution in [0.15, 0.2) is 77.9 Å². The molecule has 160 valence electrons. The van der Waals surface area contributed by atoms with Crippen molar-refractivity contribution in [1.82, 2.24) is 5.01 Å². The first-order valence-corrected chi connectivity index (χ1v) is 11.3. The maximum atomic E-state index is 12.2. The smallest absolute Gasteiger partial charge is 0.252 e. The minimum absolute atomic E-state index is 0.240. The van der Waals surface area contributed by atoms with Crippen molar-refractivity contribution in [1.29, 1.82) is 0 Å². The number of amides is 1. The summed E-state index contributed by atoms with van der Waals surface area (Å²) in [5, 5.41) is 7.67. The fourth-order valence-electron chi connectivity index (χ4n) is 3.37. The van der Waals surface area contributed by atoms with Gasteiger partial charge in [0.05, 0.1) is 5.02 Å². The van der Waals surface area contributed by atoms with E-state index in [1.54, 1.807) is 24.3 Å². The number of halogens is 2. The van der Waals surface area contributed by atoms with Crippen molar-refractivity contribution in [3.05, 3.63) is 93.3 Å². The molecule has 1 aromatic heterocycles. The van der Waals surface area contributed by atoms with Gasteiger partial charge in [-0.15, -0.1) is 16.4 Å². The second-order valence-corrected chi connectivity index (χ2v) is 8.98. The summed E-state index contributed by atoms with van der Waals surface area (Å²) < 4.78 is 13.0. The van der Waals surface area contributed by atoms with Crippen LogP contribution in [0.1, 0.15) is 23.6 Å². The van der Waals surface area contributed by atoms with Crippen molar-refractivity contribution in [2.24, 2.45) is 5.10 Å². The van der Waals surface area contributed by atoms with E-state index in [0.717, 1.165) is 21.4 Å². The third-order valence-electron chi connectivity index (χ3n) is 4.89. The number of fused-ring (bicyclic) bond motifs is 1. The van der Waals surface area contributed by atoms with Gasteiger partial charge in [0.15, 0.2) is 0 Å². The highest BCUT2D eigenvalue weighted by molar-refractivity contribution is 7.21. The van der Waals surface area contributed by atoms with Gasteiger partial charge in [-0.05, 0) is 42.5 Å². The van der Waals surface area contributed by atoms with Crippen LogP contribution in [-0.2, 0) is 9.53 Å². The van der Waals surface area contributed by atoms with E-state index in [1.807, 2.05) is 48.5 Å². The molecule has 2 heterocycles. The zero-order valence-corrected chi connectivity index (χ0v) is 19.1. The fraction of sp³-hybridized carbons (Fsp3) is 0.0833. The monoisotopic (exact) mass is 482 g/mol. The van der Waals surface area contributed by atoms with Crippen molar-refractivity contribution in [2.75, 3.05) is 0 Å². The van der Waals surface area contributed by atoms with Gasteiger partial charge in [0, 0.05) is 27.6 Å². The summed E-state index contributed by atoms with van der Waals surface area (Å²) in [5.41, 5.74) is 0.763. The van der Waals surface area contributed by atoms with Gasteiger partial charge in [-0.3, -0.25) is 4.79 Å². The Morgan fingerprint density at radius 1 is 1.03 bits per heavy atom. The van der Waals surface area contributed by atoms with E-state index in [2.05, 4.69) is 5.10 Å². The molecule has 0 N–H and O–H groups in total. The lowest BCUT2D eigenvalue weighted by atomic mass is 10.2. The molecule has 1 atom stereocenters. The van der Waals surface area contributed by atoms with Gasteiger partial charge in [0.2, 0.25) is 12.1 Å². The summed E-state index contributed by atoms with van der Waals surface area (Å²) in [4.78, 5) is 12.9. The highest BCUT2D eigenvalue weighted by Gasteiger charge is 2.35. The molecule has 5 rings (SSSR count). The second-order valence-electron chi connectivity index (χ2n) is 7.11. The number of carbonyl (C=O) groups is 1. The number of para-hydroxylation sites is 1. The van der Waals surface area contributed by atoms with Gasteiger partial charge in [0.1, 0.15) is 16.4 Å². The summed E-state index contributed by atoms with van der Waals surface area (Å²) in [6.45, 7) is 1.44. The van der Waals surface area contributed by atoms with Crippen LogP contribution in [0.25, 0.3) is 10.1 Å². The van der Waals surface area contributed by atoms with Gasteiger partial charge in [-0.1, -0.05) is 53.5 Å². The summed E-state index contributed by atoms with van der Waals surface area (Å²) in [6, 6.07) is 22.4. The molecule has 4 aromatic rings. The summed E-state index contributed by atoms with van der Waals surface area (Å²) >= 11 is 14.2. The Bertz CT molecular complexity index is 1340. The second kappa shape index (κ2) is 8.47. The molecule has 8 heteroatoms. The van der Waals surface area contributed by atoms with E-state index in [1.165, 1.54) is 23.3 Å². The number of rotatable bonds is 4. The summed E-state index contributed by atoms with van der Waals surface area (Å²) in [6.07, 6.45) is -0.682. The van der Waals surface area contributed by atoms with E-state index in [0.29, 0.717) is 26.6 Å². The molecule has 0 spiro atoms. The standard InChI is InChI=1S/C24H16Cl2N2O3S/c1-14(29)28-24(15-7-9-16(25)10-8-15)31-23(27-28)22-21(26)19-13-18(11-12-20(19)32-22)30-17-5-3-2-4-6-17/h2-13,24H,1H3. The molecular weight excluding hydrogens is 467 g/mol. The van der Waals surface area contributed by atoms with Crippen LogP contribution >= 0.6 is 34.5 Å². The van der Waals surface area contributed by atoms with Crippen molar-refractivity contribution in [2.45, 2.75) is 13.2 Å². The minimum atomic E-state index is -0.682. The Balaban J connectivity index is 1.48. The SMILES string of the molecule is CC(=O)N1N=C(c2sc3ccc(Oc4ccccc4)cc3c2Cl)OC1c1ccc(Cl)cc1. The topological polar surface area (TPSA) is 51.1 Å². The predicted octanol–water partition coefficient (Wildman–Crippen LogP) is 7.24. The highest BCUT2D eigenvalue weighted by atomic mass is 35.5. The molecule has 0 saturated carbocycles. The maximum Gasteiger partial charge on any atom is 0.252 e. The third-order valence-corrected chi connectivity index (χ3v) is 6.81. The van der Waals surface area contributed by atoms with E-state index in [-0.39, 0.29) is 5.91 Å². The van der Waals surface area contributed by atoms with Crippen molar-refractivity contribution in [3.8, 4) is 11.5 Å². The Hall–Kier alpha value is -3.06. The Kier molecular flexibility index (Phi) is 5.51. The maximum absolute atomic E-state index is 12.2. The number of hydrogen-bond donors (Lipinski definition) is 0. The molecule has 0 fully saturated rings. The molecule has 0 radical (unpaired) electrons. The number of carbonyl (C=O) groups excluding carboxylic acids is 1. The van der Waals surface area contributed by atoms with Crippen molar-refractivity contribution in [3.63, 3.8) is 0 Å². The Morgan fingerprint density at radius 3 is 2.50 bits per heavy atom. The Labute approximate surface area is 198 Å². The molecule has 1 aliphatic heterocycles. The normalized spacial score (nSPS) is 15.5. The molecule has 0 aliphatic carbocycles. The zero-order chi connectivity index (χ0) is 22.2. The number of benzene rings is 3. The number of ether oxygens (including phenoxy) is 2. The van der Waals surface area contributed by atoms with Gasteiger partial charge in [0.25, 0.3) is 5.90 Å². The predicted molar refractivity (Wildman–Crippen MR) is 128 cm³/mol.